The van der Waals surface area contributed by atoms with Gasteiger partial charge in [-0.3, -0.25) is 0 Å². The largest absolute Gasteiger partial charge is 0.394 e. The van der Waals surface area contributed by atoms with Crippen molar-refractivity contribution < 1.29 is 79.9 Å². The van der Waals surface area contributed by atoms with Crippen molar-refractivity contribution in [2.45, 2.75) is 85.8 Å². The van der Waals surface area contributed by atoms with Crippen molar-refractivity contribution in [2.24, 2.45) is 0 Å². The highest BCUT2D eigenvalue weighted by Gasteiger charge is 2.49. The number of hydrogen-bond donors (Lipinski definition) is 11. The summed E-state index contributed by atoms with van der Waals surface area (Å²) in [7, 11) is 0. The molecule has 0 spiro atoms. The Hall–Kier alpha value is -0.930. The highest BCUT2D eigenvalue weighted by molar-refractivity contribution is 5.56. The van der Waals surface area contributed by atoms with Crippen LogP contribution in [0.15, 0.2) is 0 Å². The molecule has 2 fully saturated rings. The summed E-state index contributed by atoms with van der Waals surface area (Å²) in [6.45, 7) is -2.37. The third-order valence-corrected chi connectivity index (χ3v) is 5.63. The number of rotatable bonds is 11. The summed E-state index contributed by atoms with van der Waals surface area (Å²) >= 11 is 0. The van der Waals surface area contributed by atoms with Gasteiger partial charge in [-0.15, -0.1) is 0 Å². The zero-order chi connectivity index (χ0) is 25.7. The van der Waals surface area contributed by atoms with Crippen LogP contribution in [0.4, 0.5) is 0 Å². The molecule has 16 heteroatoms. The average Bonchev–Trinajstić information content (AvgIpc) is 2.84. The smallest absolute Gasteiger partial charge is 0.187 e. The summed E-state index contributed by atoms with van der Waals surface area (Å²) < 4.78 is 20.9. The van der Waals surface area contributed by atoms with Crippen LogP contribution in [0.25, 0.3) is 0 Å². The highest BCUT2D eigenvalue weighted by Crippen LogP contribution is 2.27. The summed E-state index contributed by atoms with van der Waals surface area (Å²) in [5.41, 5.74) is 0. The standard InChI is InChI=1S/C18H32O16/c19-1-5(22)9(24)16(6(23)2-20)34-18-15(30)13(28)11(26)8(33-18)4-31-17-14(29)12(27)10(25)7(3-21)32-17/h2,5-19,21-30H,1,3-4H2/t5-,6+,7-,8-,9-,10-,11-,12+,13+,14-,15-,16-,17+,18-/m1/s1. The van der Waals surface area contributed by atoms with E-state index in [0.717, 1.165) is 0 Å². The summed E-state index contributed by atoms with van der Waals surface area (Å²) in [6, 6.07) is 0. The van der Waals surface area contributed by atoms with Crippen LogP contribution in [0.5, 0.6) is 0 Å². The van der Waals surface area contributed by atoms with Crippen LogP contribution in [0.3, 0.4) is 0 Å². The normalized spacial score (nSPS) is 42.6. The molecule has 16 nitrogen and oxygen atoms in total. The van der Waals surface area contributed by atoms with E-state index in [-0.39, 0.29) is 6.29 Å². The van der Waals surface area contributed by atoms with Crippen molar-refractivity contribution >= 4 is 6.29 Å². The molecule has 14 atom stereocenters. The fraction of sp³-hybridized carbons (Fsp3) is 0.944. The molecule has 0 aliphatic carbocycles. The van der Waals surface area contributed by atoms with E-state index >= 15 is 0 Å². The van der Waals surface area contributed by atoms with E-state index in [1.165, 1.54) is 0 Å². The van der Waals surface area contributed by atoms with Gasteiger partial charge in [-0.05, 0) is 0 Å². The van der Waals surface area contributed by atoms with Crippen molar-refractivity contribution in [1.82, 2.24) is 0 Å². The van der Waals surface area contributed by atoms with Gasteiger partial charge in [-0.2, -0.15) is 0 Å². The first kappa shape index (κ1) is 29.3. The molecule has 2 aliphatic heterocycles. The SMILES string of the molecule is O=C[C@H](O)[C@@H](O[C@H]1O[C@H](CO[C@H]2O[C@H](CO)[C@@H](O)[C@H](O)[C@H]2O)[C@@H](O)[C@H](O)[C@H]1O)[C@H](O)[C@H](O)CO. The number of ether oxygens (including phenoxy) is 4. The zero-order valence-corrected chi connectivity index (χ0v) is 17.7. The molecule has 200 valence electrons. The van der Waals surface area contributed by atoms with E-state index in [1.54, 1.807) is 0 Å². The second-order valence-corrected chi connectivity index (χ2v) is 8.01. The Morgan fingerprint density at radius 1 is 0.765 bits per heavy atom. The lowest BCUT2D eigenvalue weighted by atomic mass is 9.98. The predicted octanol–water partition coefficient (Wildman–Crippen LogP) is -7.73. The minimum Gasteiger partial charge on any atom is -0.394 e. The number of aliphatic hydroxyl groups excluding tert-OH is 11. The Morgan fingerprint density at radius 3 is 1.82 bits per heavy atom. The minimum absolute atomic E-state index is 0.0574. The van der Waals surface area contributed by atoms with Crippen molar-refractivity contribution in [3.63, 3.8) is 0 Å². The zero-order valence-electron chi connectivity index (χ0n) is 17.7. The topological polar surface area (TPSA) is 277 Å². The van der Waals surface area contributed by atoms with Crippen molar-refractivity contribution in [1.29, 1.82) is 0 Å². The maximum Gasteiger partial charge on any atom is 0.187 e. The monoisotopic (exact) mass is 504 g/mol. The van der Waals surface area contributed by atoms with E-state index in [4.69, 9.17) is 24.1 Å². The average molecular weight is 504 g/mol. The first-order valence-electron chi connectivity index (χ1n) is 10.4. The molecule has 0 saturated carbocycles. The third-order valence-electron chi connectivity index (χ3n) is 5.63. The van der Waals surface area contributed by atoms with E-state index in [2.05, 4.69) is 0 Å². The van der Waals surface area contributed by atoms with Crippen LogP contribution < -0.4 is 0 Å². The Balaban J connectivity index is 2.10. The fourth-order valence-corrected chi connectivity index (χ4v) is 3.48. The molecular formula is C18H32O16. The maximum absolute atomic E-state index is 11.0. The molecule has 0 bridgehead atoms. The second-order valence-electron chi connectivity index (χ2n) is 8.01. The lowest BCUT2D eigenvalue weighted by Crippen LogP contribution is -2.63. The molecule has 0 radical (unpaired) electrons. The minimum atomic E-state index is -2.06. The van der Waals surface area contributed by atoms with E-state index in [9.17, 15) is 55.9 Å². The van der Waals surface area contributed by atoms with Crippen LogP contribution in [0.1, 0.15) is 0 Å². The van der Waals surface area contributed by atoms with Gasteiger partial charge in [0.2, 0.25) is 0 Å². The van der Waals surface area contributed by atoms with E-state index < -0.39 is 106 Å². The van der Waals surface area contributed by atoms with Crippen LogP contribution in [-0.4, -0.2) is 168 Å². The van der Waals surface area contributed by atoms with Gasteiger partial charge in [0.25, 0.3) is 0 Å². The lowest BCUT2D eigenvalue weighted by molar-refractivity contribution is -0.342. The van der Waals surface area contributed by atoms with Gasteiger partial charge in [0.1, 0.15) is 73.2 Å². The molecule has 0 unspecified atom stereocenters. The highest BCUT2D eigenvalue weighted by atomic mass is 16.7. The molecule has 2 saturated heterocycles. The number of carbonyl (C=O) groups excluding carboxylic acids is 1. The number of aldehydes is 1. The fourth-order valence-electron chi connectivity index (χ4n) is 3.48. The second kappa shape index (κ2) is 12.9. The van der Waals surface area contributed by atoms with Gasteiger partial charge in [-0.25, -0.2) is 0 Å². The third kappa shape index (κ3) is 6.44. The van der Waals surface area contributed by atoms with E-state index in [0.29, 0.717) is 0 Å². The summed E-state index contributed by atoms with van der Waals surface area (Å²) in [5, 5.41) is 108. The Kier molecular flexibility index (Phi) is 11.1. The van der Waals surface area contributed by atoms with Gasteiger partial charge >= 0.3 is 0 Å². The van der Waals surface area contributed by atoms with Gasteiger partial charge in [-0.1, -0.05) is 0 Å². The van der Waals surface area contributed by atoms with Crippen molar-refractivity contribution in [2.75, 3.05) is 19.8 Å². The van der Waals surface area contributed by atoms with Crippen LogP contribution >= 0.6 is 0 Å². The molecule has 0 aromatic heterocycles. The molecule has 2 heterocycles. The van der Waals surface area contributed by atoms with E-state index in [1.807, 2.05) is 0 Å². The Morgan fingerprint density at radius 2 is 1.29 bits per heavy atom. The molecule has 0 aromatic rings. The van der Waals surface area contributed by atoms with Gasteiger partial charge in [0, 0.05) is 0 Å². The van der Waals surface area contributed by atoms with Crippen LogP contribution in [0, 0.1) is 0 Å². The quantitative estimate of drug-likeness (QED) is 0.117. The molecule has 34 heavy (non-hydrogen) atoms. The summed E-state index contributed by atoms with van der Waals surface area (Å²) in [6.07, 6.45) is -25.1. The number of aliphatic hydroxyl groups is 11. The first-order valence-corrected chi connectivity index (χ1v) is 10.4. The molecule has 2 rings (SSSR count). The van der Waals surface area contributed by atoms with Crippen LogP contribution in [-0.2, 0) is 23.7 Å². The number of carbonyl (C=O) groups is 1. The van der Waals surface area contributed by atoms with Crippen molar-refractivity contribution in [3.05, 3.63) is 0 Å². The Bertz CT molecular complexity index is 623. The lowest BCUT2D eigenvalue weighted by Gasteiger charge is -2.43. The summed E-state index contributed by atoms with van der Waals surface area (Å²) in [5.74, 6) is 0. The first-order chi connectivity index (χ1) is 16.0. The molecule has 11 N–H and O–H groups in total. The molecule has 0 aromatic carbocycles. The van der Waals surface area contributed by atoms with Gasteiger partial charge in [0.05, 0.1) is 19.8 Å². The van der Waals surface area contributed by atoms with Crippen LogP contribution in [0.2, 0.25) is 0 Å². The Labute approximate surface area is 192 Å². The molecule has 0 amide bonds. The predicted molar refractivity (Wildman–Crippen MR) is 102 cm³/mol. The van der Waals surface area contributed by atoms with Crippen molar-refractivity contribution in [3.8, 4) is 0 Å². The number of hydrogen-bond acceptors (Lipinski definition) is 16. The van der Waals surface area contributed by atoms with Gasteiger partial charge in [0.15, 0.2) is 18.9 Å². The van der Waals surface area contributed by atoms with Gasteiger partial charge < -0.3 is 79.9 Å². The maximum atomic E-state index is 11.0. The molecular weight excluding hydrogens is 472 g/mol. The molecule has 2 aliphatic rings. The summed E-state index contributed by atoms with van der Waals surface area (Å²) in [4.78, 5) is 11.0.